The van der Waals surface area contributed by atoms with Crippen LogP contribution in [0.3, 0.4) is 0 Å². The maximum atomic E-state index is 12.4. The maximum Gasteiger partial charge on any atom is 0.324 e. The van der Waals surface area contributed by atoms with Gasteiger partial charge in [0.1, 0.15) is 6.04 Å². The van der Waals surface area contributed by atoms with Crippen molar-refractivity contribution in [3.8, 4) is 0 Å². The van der Waals surface area contributed by atoms with Crippen LogP contribution in [-0.2, 0) is 19.6 Å². The molecule has 0 bridgehead atoms. The minimum absolute atomic E-state index is 0.0136. The Morgan fingerprint density at radius 2 is 1.96 bits per heavy atom. The van der Waals surface area contributed by atoms with Gasteiger partial charge in [0.05, 0.1) is 12.0 Å². The number of sulfonamides is 1. The topological polar surface area (TPSA) is 96.5 Å². The summed E-state index contributed by atoms with van der Waals surface area (Å²) in [6, 6.07) is 7.86. The fraction of sp³-hybridized carbons (Fsp3) is 0.533. The van der Waals surface area contributed by atoms with Crippen molar-refractivity contribution in [2.24, 2.45) is 5.92 Å². The average Bonchev–Trinajstić information content (AvgIpc) is 2.98. The van der Waals surface area contributed by atoms with Gasteiger partial charge < -0.3 is 4.74 Å². The van der Waals surface area contributed by atoms with Crippen molar-refractivity contribution in [3.05, 3.63) is 30.3 Å². The molecule has 2 fully saturated rings. The second-order valence-electron chi connectivity index (χ2n) is 6.00. The third-order valence-corrected chi connectivity index (χ3v) is 6.12. The summed E-state index contributed by atoms with van der Waals surface area (Å²) >= 11 is 0. The lowest BCUT2D eigenvalue weighted by Crippen LogP contribution is -2.46. The summed E-state index contributed by atoms with van der Waals surface area (Å²) in [6.45, 7) is 0. The van der Waals surface area contributed by atoms with Gasteiger partial charge in [-0.2, -0.15) is 0 Å². The molecule has 3 rings (SSSR count). The van der Waals surface area contributed by atoms with Gasteiger partial charge in [0.25, 0.3) is 0 Å². The van der Waals surface area contributed by atoms with Gasteiger partial charge in [-0.05, 0) is 31.4 Å². The van der Waals surface area contributed by atoms with Gasteiger partial charge in [-0.25, -0.2) is 18.6 Å². The van der Waals surface area contributed by atoms with Gasteiger partial charge >= 0.3 is 5.97 Å². The summed E-state index contributed by atoms with van der Waals surface area (Å²) in [5.74, 6) is -0.309. The zero-order valence-electron chi connectivity index (χ0n) is 12.9. The Bertz CT molecular complexity index is 665. The molecule has 4 atom stereocenters. The average molecular weight is 339 g/mol. The smallest absolute Gasteiger partial charge is 0.324 e. The molecular weight excluding hydrogens is 318 g/mol. The maximum absolute atomic E-state index is 12.4. The number of carbonyl (C=O) groups excluding carboxylic acids is 1. The molecule has 0 spiro atoms. The first-order valence-electron chi connectivity index (χ1n) is 7.67. The standard InChI is InChI=1S/C15H21N3O4S/c1-22-15(19)14-12-9-10(7-8-13(12)16-17-14)18-23(20,21)11-5-3-2-4-6-11/h2-6,10,12-14,16-18H,7-9H2,1H3. The van der Waals surface area contributed by atoms with Gasteiger partial charge in [0.15, 0.2) is 0 Å². The highest BCUT2D eigenvalue weighted by Crippen LogP contribution is 2.31. The number of ether oxygens (including phenoxy) is 1. The van der Waals surface area contributed by atoms with E-state index in [1.54, 1.807) is 30.3 Å². The Kier molecular flexibility index (Phi) is 4.67. The number of nitrogens with one attached hydrogen (secondary N) is 3. The summed E-state index contributed by atoms with van der Waals surface area (Å²) in [5, 5.41) is 0. The van der Waals surface area contributed by atoms with Crippen molar-refractivity contribution in [2.45, 2.75) is 42.3 Å². The van der Waals surface area contributed by atoms with E-state index in [0.29, 0.717) is 6.42 Å². The van der Waals surface area contributed by atoms with Crippen molar-refractivity contribution >= 4 is 16.0 Å². The minimum Gasteiger partial charge on any atom is -0.468 e. The lowest BCUT2D eigenvalue weighted by atomic mass is 9.79. The van der Waals surface area contributed by atoms with Crippen molar-refractivity contribution in [1.82, 2.24) is 15.6 Å². The predicted octanol–water partition coefficient (Wildman–Crippen LogP) is 0.152. The van der Waals surface area contributed by atoms with Crippen LogP contribution >= 0.6 is 0 Å². The molecule has 1 aliphatic heterocycles. The van der Waals surface area contributed by atoms with Crippen LogP contribution in [0.15, 0.2) is 35.2 Å². The van der Waals surface area contributed by atoms with Gasteiger partial charge in [-0.3, -0.25) is 10.2 Å². The minimum atomic E-state index is -3.54. The first-order valence-corrected chi connectivity index (χ1v) is 9.16. The fourth-order valence-electron chi connectivity index (χ4n) is 3.41. The largest absolute Gasteiger partial charge is 0.468 e. The van der Waals surface area contributed by atoms with Gasteiger partial charge in [0, 0.05) is 18.0 Å². The number of benzene rings is 1. The second-order valence-corrected chi connectivity index (χ2v) is 7.72. The number of hydrogen-bond acceptors (Lipinski definition) is 6. The van der Waals surface area contributed by atoms with E-state index in [2.05, 4.69) is 15.6 Å². The second kappa shape index (κ2) is 6.56. The molecule has 0 radical (unpaired) electrons. The van der Waals surface area contributed by atoms with Crippen molar-refractivity contribution in [2.75, 3.05) is 7.11 Å². The fourth-order valence-corrected chi connectivity index (χ4v) is 4.72. The van der Waals surface area contributed by atoms with Crippen LogP contribution in [-0.4, -0.2) is 39.6 Å². The normalized spacial score (nSPS) is 30.7. The molecule has 1 heterocycles. The number of fused-ring (bicyclic) bond motifs is 1. The van der Waals surface area contributed by atoms with E-state index in [9.17, 15) is 13.2 Å². The molecule has 7 nitrogen and oxygen atoms in total. The molecule has 0 aromatic heterocycles. The molecule has 8 heteroatoms. The molecule has 126 valence electrons. The van der Waals surface area contributed by atoms with E-state index in [1.807, 2.05) is 0 Å². The monoisotopic (exact) mass is 339 g/mol. The number of hydrazine groups is 1. The van der Waals surface area contributed by atoms with Crippen LogP contribution in [0.4, 0.5) is 0 Å². The van der Waals surface area contributed by atoms with Crippen molar-refractivity contribution < 1.29 is 17.9 Å². The summed E-state index contributed by atoms with van der Waals surface area (Å²) < 4.78 is 32.4. The van der Waals surface area contributed by atoms with Gasteiger partial charge in [-0.1, -0.05) is 18.2 Å². The Morgan fingerprint density at radius 3 is 2.65 bits per heavy atom. The number of methoxy groups -OCH3 is 1. The van der Waals surface area contributed by atoms with Crippen LogP contribution in [0.1, 0.15) is 19.3 Å². The first-order chi connectivity index (χ1) is 11.0. The van der Waals surface area contributed by atoms with Crippen LogP contribution < -0.4 is 15.6 Å². The van der Waals surface area contributed by atoms with E-state index in [-0.39, 0.29) is 28.9 Å². The highest BCUT2D eigenvalue weighted by atomic mass is 32.2. The zero-order valence-corrected chi connectivity index (χ0v) is 13.7. The van der Waals surface area contributed by atoms with Crippen molar-refractivity contribution in [1.29, 1.82) is 0 Å². The van der Waals surface area contributed by atoms with Crippen molar-refractivity contribution in [3.63, 3.8) is 0 Å². The number of esters is 1. The Morgan fingerprint density at radius 1 is 1.22 bits per heavy atom. The Hall–Kier alpha value is -1.48. The summed E-state index contributed by atoms with van der Waals surface area (Å²) in [4.78, 5) is 12.1. The quantitative estimate of drug-likeness (QED) is 0.676. The number of rotatable bonds is 4. The van der Waals surface area contributed by atoms with Crippen LogP contribution in [0, 0.1) is 5.92 Å². The van der Waals surface area contributed by atoms with Crippen LogP contribution in [0.5, 0.6) is 0 Å². The number of hydrogen-bond donors (Lipinski definition) is 3. The lowest BCUT2D eigenvalue weighted by molar-refractivity contribution is -0.144. The lowest BCUT2D eigenvalue weighted by Gasteiger charge is -2.32. The molecule has 1 saturated carbocycles. The Labute approximate surface area is 135 Å². The Balaban J connectivity index is 1.70. The summed E-state index contributed by atoms with van der Waals surface area (Å²) in [6.07, 6.45) is 2.12. The van der Waals surface area contributed by atoms with E-state index >= 15 is 0 Å². The van der Waals surface area contributed by atoms with Gasteiger partial charge in [0.2, 0.25) is 10.0 Å². The molecular formula is C15H21N3O4S. The third-order valence-electron chi connectivity index (χ3n) is 4.58. The summed E-state index contributed by atoms with van der Waals surface area (Å²) in [5.41, 5.74) is 6.07. The highest BCUT2D eigenvalue weighted by molar-refractivity contribution is 7.89. The van der Waals surface area contributed by atoms with Crippen LogP contribution in [0.25, 0.3) is 0 Å². The van der Waals surface area contributed by atoms with Crippen LogP contribution in [0.2, 0.25) is 0 Å². The molecule has 3 N–H and O–H groups in total. The van der Waals surface area contributed by atoms with Gasteiger partial charge in [-0.15, -0.1) is 0 Å². The summed E-state index contributed by atoms with van der Waals surface area (Å²) in [7, 11) is -2.18. The third kappa shape index (κ3) is 3.40. The first kappa shape index (κ1) is 16.4. The van der Waals surface area contributed by atoms with E-state index < -0.39 is 16.1 Å². The number of carbonyl (C=O) groups is 1. The highest BCUT2D eigenvalue weighted by Gasteiger charge is 2.44. The van der Waals surface area contributed by atoms with E-state index in [1.165, 1.54) is 7.11 Å². The molecule has 1 aromatic carbocycles. The molecule has 1 saturated heterocycles. The molecule has 2 aliphatic rings. The SMILES string of the molecule is COC(=O)C1NNC2CCC(NS(=O)(=O)c3ccccc3)CC21. The molecule has 1 aromatic rings. The van der Waals surface area contributed by atoms with E-state index in [4.69, 9.17) is 4.74 Å². The molecule has 1 aliphatic carbocycles. The van der Waals surface area contributed by atoms with E-state index in [0.717, 1.165) is 12.8 Å². The zero-order chi connectivity index (χ0) is 16.4. The predicted molar refractivity (Wildman–Crippen MR) is 83.8 cm³/mol. The molecule has 4 unspecified atom stereocenters. The molecule has 0 amide bonds. The molecule has 23 heavy (non-hydrogen) atoms.